The molecule has 4 aromatic rings. The molecule has 3 aromatic carbocycles. The molecule has 1 heterocycles. The first-order valence-corrected chi connectivity index (χ1v) is 9.05. The Morgan fingerprint density at radius 2 is 1.80 bits per heavy atom. The standard InChI is InChI=1S/C23H16NO6/c1-14-19-13-18(29-22(25)16-8-5-9-17(12-16)24(27)28)10-11-20(19)30-23(26)21(14)15-6-3-2-4-7-15/h2-13,27H,1H3/q-1. The van der Waals surface area contributed by atoms with Crippen molar-refractivity contribution in [3.05, 3.63) is 99.6 Å². The SMILES string of the molecule is Cc1c(-c2ccccc2)c(=O)oc2ccc(OC(=O)c3cccc(N([O-])O)c3)cc12. The Hall–Kier alpha value is -3.94. The number of rotatable bonds is 4. The van der Waals surface area contributed by atoms with Gasteiger partial charge in [0, 0.05) is 5.39 Å². The second kappa shape index (κ2) is 7.82. The van der Waals surface area contributed by atoms with E-state index in [1.165, 1.54) is 30.3 Å². The fraction of sp³-hybridized carbons (Fsp3) is 0.0435. The van der Waals surface area contributed by atoms with Gasteiger partial charge in [-0.15, -0.1) is 0 Å². The van der Waals surface area contributed by atoms with E-state index >= 15 is 0 Å². The first-order chi connectivity index (χ1) is 14.4. The maximum atomic E-state index is 12.5. The van der Waals surface area contributed by atoms with Crippen LogP contribution >= 0.6 is 0 Å². The summed E-state index contributed by atoms with van der Waals surface area (Å²) in [7, 11) is 0. The second-order valence-electron chi connectivity index (χ2n) is 6.63. The highest BCUT2D eigenvalue weighted by atomic mass is 16.8. The van der Waals surface area contributed by atoms with Crippen LogP contribution in [-0.4, -0.2) is 11.2 Å². The third-order valence-corrected chi connectivity index (χ3v) is 4.71. The number of hydrogen-bond acceptors (Lipinski definition) is 7. The third kappa shape index (κ3) is 3.67. The molecule has 0 aliphatic heterocycles. The Labute approximate surface area is 170 Å². The van der Waals surface area contributed by atoms with Crippen molar-refractivity contribution >= 4 is 22.6 Å². The van der Waals surface area contributed by atoms with Gasteiger partial charge in [-0.05, 0) is 54.4 Å². The van der Waals surface area contributed by atoms with Crippen LogP contribution in [0, 0.1) is 12.1 Å². The lowest BCUT2D eigenvalue weighted by Crippen LogP contribution is -2.12. The zero-order chi connectivity index (χ0) is 21.3. The van der Waals surface area contributed by atoms with Crippen LogP contribution in [0.5, 0.6) is 5.75 Å². The van der Waals surface area contributed by atoms with Crippen LogP contribution in [0.15, 0.2) is 82.0 Å². The molecule has 1 aromatic heterocycles. The maximum absolute atomic E-state index is 12.5. The molecule has 0 unspecified atom stereocenters. The summed E-state index contributed by atoms with van der Waals surface area (Å²) in [6, 6.07) is 19.4. The molecule has 0 aliphatic carbocycles. The van der Waals surface area contributed by atoms with Gasteiger partial charge in [0.1, 0.15) is 11.3 Å². The molecule has 7 heteroatoms. The van der Waals surface area contributed by atoms with Gasteiger partial charge in [-0.25, -0.2) is 9.59 Å². The lowest BCUT2D eigenvalue weighted by molar-refractivity contribution is 0.0735. The molecule has 0 aliphatic rings. The third-order valence-electron chi connectivity index (χ3n) is 4.71. The quantitative estimate of drug-likeness (QED) is 0.229. The van der Waals surface area contributed by atoms with E-state index in [-0.39, 0.29) is 22.2 Å². The minimum absolute atomic E-state index is 0.0897. The van der Waals surface area contributed by atoms with E-state index in [0.717, 1.165) is 5.56 Å². The van der Waals surface area contributed by atoms with Crippen LogP contribution in [0.1, 0.15) is 15.9 Å². The van der Waals surface area contributed by atoms with Crippen molar-refractivity contribution in [2.75, 3.05) is 5.23 Å². The average molecular weight is 402 g/mol. The molecule has 30 heavy (non-hydrogen) atoms. The number of carbonyl (C=O) groups excluding carboxylic acids is 1. The van der Waals surface area contributed by atoms with E-state index in [9.17, 15) is 14.8 Å². The number of anilines is 1. The summed E-state index contributed by atoms with van der Waals surface area (Å²) in [5.41, 5.74) is 1.82. The van der Waals surface area contributed by atoms with Gasteiger partial charge >= 0.3 is 11.6 Å². The largest absolute Gasteiger partial charge is 0.733 e. The molecule has 0 fully saturated rings. The van der Waals surface area contributed by atoms with Crippen LogP contribution in [0.2, 0.25) is 0 Å². The predicted octanol–water partition coefficient (Wildman–Crippen LogP) is 4.68. The molecule has 7 nitrogen and oxygen atoms in total. The van der Waals surface area contributed by atoms with Crippen molar-refractivity contribution < 1.29 is 19.2 Å². The summed E-state index contributed by atoms with van der Waals surface area (Å²) >= 11 is 0. The van der Waals surface area contributed by atoms with Crippen molar-refractivity contribution in [3.8, 4) is 16.9 Å². The molecule has 150 valence electrons. The number of benzene rings is 3. The van der Waals surface area contributed by atoms with Crippen LogP contribution in [0.25, 0.3) is 22.1 Å². The van der Waals surface area contributed by atoms with Gasteiger partial charge in [0.25, 0.3) is 0 Å². The molecule has 1 N–H and O–H groups in total. The second-order valence-corrected chi connectivity index (χ2v) is 6.63. The van der Waals surface area contributed by atoms with Gasteiger partial charge in [-0.2, -0.15) is 0 Å². The van der Waals surface area contributed by atoms with Gasteiger partial charge in [0.2, 0.25) is 0 Å². The van der Waals surface area contributed by atoms with E-state index in [0.29, 0.717) is 22.1 Å². The van der Waals surface area contributed by atoms with Crippen molar-refractivity contribution in [3.63, 3.8) is 0 Å². The first-order valence-electron chi connectivity index (χ1n) is 9.05. The van der Waals surface area contributed by atoms with E-state index in [4.69, 9.17) is 14.4 Å². The van der Waals surface area contributed by atoms with Crippen molar-refractivity contribution in [1.82, 2.24) is 0 Å². The molecule has 0 atom stereocenters. The summed E-state index contributed by atoms with van der Waals surface area (Å²) < 4.78 is 10.9. The number of aryl methyl sites for hydroxylation is 1. The molecule has 0 amide bonds. The number of ether oxygens (including phenoxy) is 1. The summed E-state index contributed by atoms with van der Waals surface area (Å²) in [5.74, 6) is -0.451. The Bertz CT molecular complexity index is 1290. The van der Waals surface area contributed by atoms with E-state index < -0.39 is 11.6 Å². The van der Waals surface area contributed by atoms with Gasteiger partial charge in [0.15, 0.2) is 0 Å². The highest BCUT2D eigenvalue weighted by Crippen LogP contribution is 2.29. The van der Waals surface area contributed by atoms with E-state index in [2.05, 4.69) is 0 Å². The van der Waals surface area contributed by atoms with Crippen LogP contribution in [0.3, 0.4) is 0 Å². The molecule has 4 rings (SSSR count). The zero-order valence-corrected chi connectivity index (χ0v) is 15.9. The minimum Gasteiger partial charge on any atom is -0.733 e. The number of esters is 1. The van der Waals surface area contributed by atoms with Gasteiger partial charge in [-0.3, -0.25) is 5.21 Å². The highest BCUT2D eigenvalue weighted by Gasteiger charge is 2.15. The normalized spacial score (nSPS) is 10.8. The number of hydrogen-bond donors (Lipinski definition) is 1. The molecule has 0 saturated carbocycles. The first kappa shape index (κ1) is 19.4. The fourth-order valence-electron chi connectivity index (χ4n) is 3.25. The van der Waals surface area contributed by atoms with Crippen molar-refractivity contribution in [2.45, 2.75) is 6.92 Å². The van der Waals surface area contributed by atoms with Crippen LogP contribution < -0.4 is 15.6 Å². The summed E-state index contributed by atoms with van der Waals surface area (Å²) in [6.07, 6.45) is 0. The van der Waals surface area contributed by atoms with Gasteiger partial charge in [-0.1, -0.05) is 36.4 Å². The van der Waals surface area contributed by atoms with E-state index in [1.54, 1.807) is 19.1 Å². The zero-order valence-electron chi connectivity index (χ0n) is 15.9. The molecule has 0 spiro atoms. The smallest absolute Gasteiger partial charge is 0.344 e. The maximum Gasteiger partial charge on any atom is 0.344 e. The summed E-state index contributed by atoms with van der Waals surface area (Å²) in [5, 5.41) is 20.3. The van der Waals surface area contributed by atoms with Crippen molar-refractivity contribution in [2.24, 2.45) is 0 Å². The molecule has 0 saturated heterocycles. The predicted molar refractivity (Wildman–Crippen MR) is 112 cm³/mol. The van der Waals surface area contributed by atoms with Crippen LogP contribution in [-0.2, 0) is 0 Å². The van der Waals surface area contributed by atoms with Crippen LogP contribution in [0.4, 0.5) is 5.69 Å². The highest BCUT2D eigenvalue weighted by molar-refractivity contribution is 5.93. The lowest BCUT2D eigenvalue weighted by Gasteiger charge is -2.21. The Morgan fingerprint density at radius 1 is 1.03 bits per heavy atom. The Morgan fingerprint density at radius 3 is 2.53 bits per heavy atom. The van der Waals surface area contributed by atoms with Crippen molar-refractivity contribution in [1.29, 1.82) is 0 Å². The fourth-order valence-corrected chi connectivity index (χ4v) is 3.25. The summed E-state index contributed by atoms with van der Waals surface area (Å²) in [6.45, 7) is 1.81. The minimum atomic E-state index is -0.698. The van der Waals surface area contributed by atoms with Gasteiger partial charge < -0.3 is 19.6 Å². The monoisotopic (exact) mass is 402 g/mol. The average Bonchev–Trinajstić information content (AvgIpc) is 2.75. The van der Waals surface area contributed by atoms with Gasteiger partial charge in [0.05, 0.1) is 16.8 Å². The molecular weight excluding hydrogens is 386 g/mol. The number of carbonyl (C=O) groups is 1. The Balaban J connectivity index is 1.72. The Kier molecular flexibility index (Phi) is 5.05. The summed E-state index contributed by atoms with van der Waals surface area (Å²) in [4.78, 5) is 24.9. The van der Waals surface area contributed by atoms with E-state index in [1.807, 2.05) is 30.3 Å². The lowest BCUT2D eigenvalue weighted by atomic mass is 9.99. The molecule has 0 radical (unpaired) electrons. The molecule has 0 bridgehead atoms. The molecular formula is C23H16NO6-. The topological polar surface area (TPSA) is 103 Å². The number of nitrogens with zero attached hydrogens (tertiary/aromatic N) is 1. The number of fused-ring (bicyclic) bond motifs is 1.